The van der Waals surface area contributed by atoms with Gasteiger partial charge in [0.05, 0.1) is 24.7 Å². The first kappa shape index (κ1) is 14.9. The molecule has 1 aliphatic rings. The molecule has 3 unspecified atom stereocenters. The summed E-state index contributed by atoms with van der Waals surface area (Å²) in [6.45, 7) is 0.842. The molecule has 1 aliphatic heterocycles. The molecule has 1 rings (SSSR count). The molecule has 1 saturated heterocycles. The fourth-order valence-corrected chi connectivity index (χ4v) is 1.85. The third-order valence-electron chi connectivity index (χ3n) is 2.98. The van der Waals surface area contributed by atoms with Gasteiger partial charge in [0.15, 0.2) is 0 Å². The third-order valence-corrected chi connectivity index (χ3v) is 2.98. The van der Waals surface area contributed by atoms with E-state index in [9.17, 15) is 9.59 Å². The summed E-state index contributed by atoms with van der Waals surface area (Å²) in [6, 6.07) is -0.280. The van der Waals surface area contributed by atoms with E-state index in [1.807, 2.05) is 0 Å². The summed E-state index contributed by atoms with van der Waals surface area (Å²) in [5.74, 6) is -1.10. The van der Waals surface area contributed by atoms with Gasteiger partial charge in [-0.15, -0.1) is 0 Å². The minimum atomic E-state index is -0.950. The second-order valence-electron chi connectivity index (χ2n) is 4.25. The van der Waals surface area contributed by atoms with Crippen LogP contribution >= 0.6 is 0 Å². The van der Waals surface area contributed by atoms with Gasteiger partial charge in [-0.2, -0.15) is 0 Å². The molecule has 0 aliphatic carbocycles. The average molecular weight is 260 g/mol. The Hall–Kier alpha value is -1.18. The zero-order valence-corrected chi connectivity index (χ0v) is 10.6. The summed E-state index contributed by atoms with van der Waals surface area (Å²) in [6.07, 6.45) is 0.0400. The van der Waals surface area contributed by atoms with E-state index in [0.717, 1.165) is 0 Å². The molecule has 1 fully saturated rings. The minimum absolute atomic E-state index is 0.0537. The van der Waals surface area contributed by atoms with Crippen LogP contribution in [0.5, 0.6) is 0 Å². The van der Waals surface area contributed by atoms with Crippen molar-refractivity contribution in [2.75, 3.05) is 27.3 Å². The van der Waals surface area contributed by atoms with Crippen molar-refractivity contribution in [2.45, 2.75) is 31.1 Å². The first-order valence-electron chi connectivity index (χ1n) is 5.85. The van der Waals surface area contributed by atoms with Gasteiger partial charge in [0.2, 0.25) is 5.91 Å². The molecule has 3 atom stereocenters. The number of aliphatic carboxylic acids is 1. The van der Waals surface area contributed by atoms with Gasteiger partial charge in [-0.1, -0.05) is 0 Å². The van der Waals surface area contributed by atoms with Crippen LogP contribution in [0.1, 0.15) is 12.8 Å². The molecule has 1 heterocycles. The Morgan fingerprint density at radius 1 is 1.50 bits per heavy atom. The summed E-state index contributed by atoms with van der Waals surface area (Å²) < 4.78 is 10.1. The average Bonchev–Trinajstić information content (AvgIpc) is 2.82. The highest BCUT2D eigenvalue weighted by molar-refractivity contribution is 5.82. The number of ether oxygens (including phenoxy) is 2. The number of methoxy groups -OCH3 is 2. The molecule has 3 N–H and O–H groups in total. The van der Waals surface area contributed by atoms with Gasteiger partial charge < -0.3 is 25.2 Å². The third kappa shape index (κ3) is 4.59. The van der Waals surface area contributed by atoms with Crippen LogP contribution in [0.2, 0.25) is 0 Å². The summed E-state index contributed by atoms with van der Waals surface area (Å²) in [5.41, 5.74) is 0. The van der Waals surface area contributed by atoms with Crippen LogP contribution in [0, 0.1) is 0 Å². The Bertz CT molecular complexity index is 297. The Morgan fingerprint density at radius 3 is 2.72 bits per heavy atom. The highest BCUT2D eigenvalue weighted by atomic mass is 16.5. The molecule has 0 aromatic rings. The first-order chi connectivity index (χ1) is 8.56. The number of carbonyl (C=O) groups excluding carboxylic acids is 1. The fraction of sp³-hybridized carbons (Fsp3) is 0.818. The second kappa shape index (κ2) is 7.30. The molecular weight excluding hydrogens is 240 g/mol. The molecule has 0 saturated carbocycles. The topological polar surface area (TPSA) is 96.9 Å². The Morgan fingerprint density at radius 2 is 2.22 bits per heavy atom. The van der Waals surface area contributed by atoms with Crippen molar-refractivity contribution >= 4 is 11.9 Å². The molecule has 7 heteroatoms. The van der Waals surface area contributed by atoms with Crippen LogP contribution in [-0.4, -0.2) is 62.5 Å². The van der Waals surface area contributed by atoms with E-state index < -0.39 is 12.1 Å². The van der Waals surface area contributed by atoms with Crippen molar-refractivity contribution in [1.29, 1.82) is 0 Å². The van der Waals surface area contributed by atoms with Crippen LogP contribution in [0.15, 0.2) is 0 Å². The number of carboxylic acid groups (broad SMARTS) is 1. The fourth-order valence-electron chi connectivity index (χ4n) is 1.85. The highest BCUT2D eigenvalue weighted by Crippen LogP contribution is 2.09. The maximum atomic E-state index is 11.8. The van der Waals surface area contributed by atoms with E-state index in [2.05, 4.69) is 10.6 Å². The molecule has 0 spiro atoms. The van der Waals surface area contributed by atoms with Crippen molar-refractivity contribution in [2.24, 2.45) is 0 Å². The van der Waals surface area contributed by atoms with E-state index in [1.54, 1.807) is 7.11 Å². The van der Waals surface area contributed by atoms with Crippen molar-refractivity contribution in [3.63, 3.8) is 0 Å². The number of carboxylic acids is 1. The summed E-state index contributed by atoms with van der Waals surface area (Å²) >= 11 is 0. The van der Waals surface area contributed by atoms with Crippen molar-refractivity contribution in [1.82, 2.24) is 10.6 Å². The normalized spacial score (nSPS) is 24.8. The number of nitrogens with one attached hydrogen (secondary N) is 2. The predicted octanol–water partition coefficient (Wildman–Crippen LogP) is -1.03. The summed E-state index contributed by atoms with van der Waals surface area (Å²) in [5, 5.41) is 14.4. The Labute approximate surface area is 106 Å². The number of hydrogen-bond acceptors (Lipinski definition) is 5. The van der Waals surface area contributed by atoms with Gasteiger partial charge in [-0.25, -0.2) is 0 Å². The van der Waals surface area contributed by atoms with E-state index in [0.29, 0.717) is 13.0 Å². The number of rotatable bonds is 7. The minimum Gasteiger partial charge on any atom is -0.481 e. The van der Waals surface area contributed by atoms with Crippen LogP contribution in [0.3, 0.4) is 0 Å². The monoisotopic (exact) mass is 260 g/mol. The summed E-state index contributed by atoms with van der Waals surface area (Å²) in [7, 11) is 3.04. The molecule has 18 heavy (non-hydrogen) atoms. The lowest BCUT2D eigenvalue weighted by atomic mass is 10.2. The standard InChI is InChI=1S/C11H20N2O5/c1-17-7-3-9(12-5-7)11(16)13-6-8(18-2)4-10(14)15/h7-9,12H,3-6H2,1-2H3,(H,13,16)(H,14,15). The zero-order chi connectivity index (χ0) is 13.5. The molecule has 0 aromatic carbocycles. The second-order valence-corrected chi connectivity index (χ2v) is 4.25. The Kier molecular flexibility index (Phi) is 6.03. The predicted molar refractivity (Wildman–Crippen MR) is 63.3 cm³/mol. The molecule has 0 radical (unpaired) electrons. The van der Waals surface area contributed by atoms with E-state index in [-0.39, 0.29) is 31.0 Å². The highest BCUT2D eigenvalue weighted by Gasteiger charge is 2.29. The lowest BCUT2D eigenvalue weighted by Gasteiger charge is -2.16. The van der Waals surface area contributed by atoms with E-state index in [1.165, 1.54) is 7.11 Å². The van der Waals surface area contributed by atoms with Crippen LogP contribution in [-0.2, 0) is 19.1 Å². The molecule has 0 aromatic heterocycles. The van der Waals surface area contributed by atoms with Crippen molar-refractivity contribution in [3.05, 3.63) is 0 Å². The maximum Gasteiger partial charge on any atom is 0.306 e. The quantitative estimate of drug-likeness (QED) is 0.541. The zero-order valence-electron chi connectivity index (χ0n) is 10.6. The number of carbonyl (C=O) groups is 2. The van der Waals surface area contributed by atoms with Gasteiger partial charge in [-0.3, -0.25) is 9.59 Å². The summed E-state index contributed by atoms with van der Waals surface area (Å²) in [4.78, 5) is 22.3. The van der Waals surface area contributed by atoms with Crippen molar-refractivity contribution in [3.8, 4) is 0 Å². The smallest absolute Gasteiger partial charge is 0.306 e. The first-order valence-corrected chi connectivity index (χ1v) is 5.85. The van der Waals surface area contributed by atoms with Crippen molar-refractivity contribution < 1.29 is 24.2 Å². The van der Waals surface area contributed by atoms with Crippen LogP contribution in [0.4, 0.5) is 0 Å². The largest absolute Gasteiger partial charge is 0.481 e. The number of amides is 1. The van der Waals surface area contributed by atoms with Gasteiger partial charge in [0.25, 0.3) is 0 Å². The van der Waals surface area contributed by atoms with Gasteiger partial charge in [-0.05, 0) is 6.42 Å². The van der Waals surface area contributed by atoms with Crippen LogP contribution < -0.4 is 10.6 Å². The van der Waals surface area contributed by atoms with Gasteiger partial charge in [0.1, 0.15) is 0 Å². The van der Waals surface area contributed by atoms with Gasteiger partial charge in [0, 0.05) is 27.3 Å². The van der Waals surface area contributed by atoms with Crippen LogP contribution in [0.25, 0.3) is 0 Å². The lowest BCUT2D eigenvalue weighted by molar-refractivity contribution is -0.140. The maximum absolute atomic E-state index is 11.8. The number of hydrogen-bond donors (Lipinski definition) is 3. The lowest BCUT2D eigenvalue weighted by Crippen LogP contribution is -2.43. The Balaban J connectivity index is 2.29. The SMILES string of the molecule is COC(CNC(=O)C1CC(OC)CN1)CC(=O)O. The molecule has 0 bridgehead atoms. The molecule has 1 amide bonds. The molecule has 104 valence electrons. The van der Waals surface area contributed by atoms with Gasteiger partial charge >= 0.3 is 5.97 Å². The molecule has 7 nitrogen and oxygen atoms in total. The van der Waals surface area contributed by atoms with E-state index in [4.69, 9.17) is 14.6 Å². The van der Waals surface area contributed by atoms with E-state index >= 15 is 0 Å². The molecular formula is C11H20N2O5.